The number of nitrogens with zero attached hydrogens (tertiary/aromatic N) is 3. The van der Waals surface area contributed by atoms with E-state index in [-0.39, 0.29) is 70.6 Å². The highest BCUT2D eigenvalue weighted by molar-refractivity contribution is 5.77. The number of rotatable bonds is 21. The van der Waals surface area contributed by atoms with E-state index in [0.717, 1.165) is 31.3 Å². The Morgan fingerprint density at radius 3 is 1.33 bits per heavy atom. The Bertz CT molecular complexity index is 4950. The van der Waals surface area contributed by atoms with Crippen LogP contribution in [0.25, 0.3) is 0 Å². The fraction of sp³-hybridized carbons (Fsp3) is 0.708. The van der Waals surface area contributed by atoms with Crippen molar-refractivity contribution in [3.05, 3.63) is 69.7 Å². The molecule has 6 aliphatic rings. The van der Waals surface area contributed by atoms with Crippen LogP contribution in [0.3, 0.4) is 0 Å². The minimum Gasteiger partial charge on any atom is -0.493 e. The zero-order chi connectivity index (χ0) is 105. The van der Waals surface area contributed by atoms with Gasteiger partial charge >= 0.3 is 17.9 Å². The third kappa shape index (κ3) is 17.5. The van der Waals surface area contributed by atoms with Gasteiger partial charge in [-0.1, -0.05) is 82.9 Å². The highest BCUT2D eigenvalue weighted by atomic mass is 16.6. The van der Waals surface area contributed by atoms with Gasteiger partial charge in [0.15, 0.2) is 34.5 Å². The molecular weight excluding hydrogens is 1140 g/mol. The van der Waals surface area contributed by atoms with Crippen LogP contribution in [0.4, 0.5) is 0 Å². The Morgan fingerprint density at radius 2 is 0.900 bits per heavy atom. The van der Waals surface area contributed by atoms with Gasteiger partial charge in [-0.3, -0.25) is 29.1 Å². The predicted octanol–water partition coefficient (Wildman–Crippen LogP) is 10.7. The number of esters is 3. The summed E-state index contributed by atoms with van der Waals surface area (Å²) in [5, 5.41) is 0. The molecule has 0 aliphatic carbocycles. The van der Waals surface area contributed by atoms with Gasteiger partial charge in [0.25, 0.3) is 0 Å². The summed E-state index contributed by atoms with van der Waals surface area (Å²) in [5.74, 6) is -29.7. The van der Waals surface area contributed by atoms with Crippen molar-refractivity contribution in [3.8, 4) is 34.5 Å². The summed E-state index contributed by atoms with van der Waals surface area (Å²) >= 11 is 0. The molecule has 0 aromatic heterocycles. The first-order chi connectivity index (χ1) is 60.1. The summed E-state index contributed by atoms with van der Waals surface area (Å²) < 4.78 is 435. The molecule has 6 aliphatic heterocycles. The molecule has 3 aromatic carbocycles. The lowest BCUT2D eigenvalue weighted by Gasteiger charge is -2.47. The molecule has 12 unspecified atom stereocenters. The van der Waals surface area contributed by atoms with E-state index in [1.165, 1.54) is 41.9 Å². The van der Waals surface area contributed by atoms with E-state index in [2.05, 4.69) is 0 Å². The number of carbonyl (C=O) groups excluding carboxylic acids is 3. The lowest BCUT2D eigenvalue weighted by Crippen LogP contribution is -2.51. The van der Waals surface area contributed by atoms with Gasteiger partial charge in [-0.25, -0.2) is 0 Å². The van der Waals surface area contributed by atoms with E-state index < -0.39 is 278 Å². The van der Waals surface area contributed by atoms with Crippen LogP contribution in [-0.2, 0) is 47.9 Å². The van der Waals surface area contributed by atoms with Crippen molar-refractivity contribution >= 4 is 17.9 Å². The van der Waals surface area contributed by atoms with Crippen LogP contribution in [0, 0.1) is 53.1 Å². The monoisotopic (exact) mass is 1300 g/mol. The molecule has 6 heterocycles. The van der Waals surface area contributed by atoms with Gasteiger partial charge in [0.1, 0.15) is 36.4 Å². The third-order valence-electron chi connectivity index (χ3n) is 14.8. The minimum atomic E-state index is -4.11. The summed E-state index contributed by atoms with van der Waals surface area (Å²) in [5.41, 5.74) is 16.7. The van der Waals surface area contributed by atoms with Gasteiger partial charge in [-0.05, 0) is 143 Å². The third-order valence-corrected chi connectivity index (χ3v) is 14.8. The zero-order valence-corrected chi connectivity index (χ0v) is 52.6. The van der Waals surface area contributed by atoms with Crippen molar-refractivity contribution in [2.75, 3.05) is 81.6 Å². The normalized spacial score (nSPS) is 42.8. The number of methoxy groups -OCH3 is 6. The van der Waals surface area contributed by atoms with Crippen LogP contribution in [-0.4, -0.2) is 151 Å². The van der Waals surface area contributed by atoms with Crippen LogP contribution >= 0.6 is 0 Å². The average molecular weight is 1300 g/mol. The molecule has 18 heteroatoms. The zero-order valence-electron chi connectivity index (χ0n) is 97.6. The Morgan fingerprint density at radius 1 is 0.522 bits per heavy atom. The van der Waals surface area contributed by atoms with E-state index >= 15 is 0 Å². The summed E-state index contributed by atoms with van der Waals surface area (Å²) in [7, 11) is -1.45. The molecule has 3 saturated heterocycles. The van der Waals surface area contributed by atoms with E-state index in [9.17, 15) is 37.7 Å². The fourth-order valence-electron chi connectivity index (χ4n) is 9.76. The SMILES string of the molecule is [2H]C([2H])([2H])Oc1cc2c(cc1OC)C1([2H])N(CC2)C([2H])([2H])C([2H])(C([2H])([2H])C([2H])(C)C([2H])([2H])[2H])C([2H])(OC(=O)[C@@H](N)C(C)C)C1([2H])[2H].[2H]c1c2c(c([2H])c(OC)c1OC([2H])([2H])[2H])C1N(CC2)C([2H])([2H])C([2H])(C([2H])([2H])C([2H])(C)C([2H])([2H])[2H])C(OC(=O)[C@@H](N)C(C)C)C1([2H])[2H].[2H]c1c2c(c([2H])c(OC)c1OC)C1N(CC2)C([2H])([2H])C([2H])(C([2H])([2H])C([2H])(C)C([2H])([2H])[2H])C(OC(=O)[C@@H](N)C(C)C)C1([2H])[2H]. The lowest BCUT2D eigenvalue weighted by atomic mass is 9.79. The number of hydrogen-bond donors (Lipinski definition) is 3. The molecule has 504 valence electrons. The molecule has 0 bridgehead atoms. The van der Waals surface area contributed by atoms with Crippen LogP contribution in [0.1, 0.15) is 234 Å². The van der Waals surface area contributed by atoms with Gasteiger partial charge < -0.3 is 59.8 Å². The van der Waals surface area contributed by atoms with Gasteiger partial charge in [0, 0.05) is 139 Å². The van der Waals surface area contributed by atoms with Crippen molar-refractivity contribution in [1.82, 2.24) is 14.7 Å². The second-order valence-corrected chi connectivity index (χ2v) is 22.5. The van der Waals surface area contributed by atoms with Crippen molar-refractivity contribution in [2.45, 2.75) is 195 Å². The average Bonchev–Trinajstić information content (AvgIpc) is 0.638. The number of benzene rings is 3. The second-order valence-electron chi connectivity index (χ2n) is 22.5. The highest BCUT2D eigenvalue weighted by Gasteiger charge is 2.45. The molecule has 9 rings (SSSR count). The maximum absolute atomic E-state index is 13.3. The van der Waals surface area contributed by atoms with Crippen molar-refractivity contribution in [1.29, 1.82) is 0 Å². The molecule has 0 amide bonds. The van der Waals surface area contributed by atoms with Gasteiger partial charge in [-0.15, -0.1) is 0 Å². The number of carbonyl (C=O) groups is 3. The maximum Gasteiger partial charge on any atom is 0.323 e. The lowest BCUT2D eigenvalue weighted by molar-refractivity contribution is -0.161. The molecule has 0 saturated carbocycles. The van der Waals surface area contributed by atoms with E-state index in [1.54, 1.807) is 13.8 Å². The van der Waals surface area contributed by atoms with Crippen LogP contribution < -0.4 is 45.6 Å². The fourth-order valence-corrected chi connectivity index (χ4v) is 9.76. The number of ether oxygens (including phenoxy) is 9. The quantitative estimate of drug-likeness (QED) is 0.0666. The predicted molar refractivity (Wildman–Crippen MR) is 353 cm³/mol. The largest absolute Gasteiger partial charge is 0.493 e. The molecule has 18 nitrogen and oxygen atoms in total. The standard InChI is InChI=1S/3C24H38N2O4/c3*1-14(2)9-17-13-26-8-7-16-10-21(28-5)22(29-6)11-18(16)19(26)12-20(17)30-24(27)23(25)15(3)4/h3*10-11,14-15,17,19-20,23H,7-9,12-13,25H2,1-6H3/t3*17?,19?,20?,23-/m000/s1/i1D3,5D3,9D2,12D2,13D2,14D,17D,19D,20D;1D3,5D3,9D2,10D,11D,12D2,13D2,14D,17D;1D3,9D2,10D,11D,12D2,13D2,14D,17D/t3*14?,17?,19?,20?,23-. The molecule has 0 spiro atoms. The topological polar surface area (TPSA) is 222 Å². The second kappa shape index (κ2) is 32.5. The van der Waals surface area contributed by atoms with E-state index in [4.69, 9.17) is 98.2 Å². The van der Waals surface area contributed by atoms with Crippen molar-refractivity contribution < 1.29 is 119 Å². The molecule has 3 fully saturated rings. The molecule has 0 radical (unpaired) electrons. The van der Waals surface area contributed by atoms with Gasteiger partial charge in [0.2, 0.25) is 0 Å². The Hall–Kier alpha value is -5.37. The Kier molecular flexibility index (Phi) is 11.6. The van der Waals surface area contributed by atoms with Crippen molar-refractivity contribution in [2.24, 2.45) is 70.3 Å². The summed E-state index contributed by atoms with van der Waals surface area (Å²) in [6, 6.07) is -11.4. The number of hydrogen-bond acceptors (Lipinski definition) is 18. The van der Waals surface area contributed by atoms with Crippen LogP contribution in [0.15, 0.2) is 36.3 Å². The van der Waals surface area contributed by atoms with Gasteiger partial charge in [-0.2, -0.15) is 0 Å². The van der Waals surface area contributed by atoms with Crippen LogP contribution in [0.5, 0.6) is 34.5 Å². The molecule has 3 aromatic rings. The minimum absolute atomic E-state index is 0.0341. The van der Waals surface area contributed by atoms with E-state index in [0.29, 0.717) is 30.6 Å². The molecule has 15 atom stereocenters. The first-order valence-corrected chi connectivity index (χ1v) is 28.9. The molecule has 90 heavy (non-hydrogen) atoms. The number of fused-ring (bicyclic) bond motifs is 9. The maximum atomic E-state index is 13.3. The summed E-state index contributed by atoms with van der Waals surface area (Å²) in [6.45, 7) is -11.8. The highest BCUT2D eigenvalue weighted by Crippen LogP contribution is 2.48. The molecule has 6 N–H and O–H groups in total. The Labute approximate surface area is 602 Å². The smallest absolute Gasteiger partial charge is 0.323 e. The molecular formula is C72H114N6O12. The van der Waals surface area contributed by atoms with E-state index in [1.807, 2.05) is 0 Å². The first-order valence-electron chi connectivity index (χ1n) is 51.4. The Balaban J connectivity index is 0.000000276. The van der Waals surface area contributed by atoms with Gasteiger partial charge in [0.05, 0.1) is 59.0 Å². The van der Waals surface area contributed by atoms with Crippen LogP contribution in [0.2, 0.25) is 0 Å². The first kappa shape index (κ1) is 32.2. The summed E-state index contributed by atoms with van der Waals surface area (Å²) in [6.07, 6.45) is -32.0. The summed E-state index contributed by atoms with van der Waals surface area (Å²) in [4.78, 5) is 41.7. The van der Waals surface area contributed by atoms with Crippen molar-refractivity contribution in [3.63, 3.8) is 0 Å². The number of piperidine rings is 3. The number of nitrogens with two attached hydrogens (primary N) is 3.